The monoisotopic (exact) mass is 515 g/mol. The standard InChI is InChI=1S/C32H37NO5/c1-21-6-8-24(9-7-21)29(34)20-33(31(36)38-32(2,3)4)28-17-16-23-12-15-26(18-27(23)19-28)22-10-13-25(14-11-22)30(35)37-5/h6-15,18,28-29,34H,16-17,19-20H2,1-5H3/t28-,29+/m0/s1. The SMILES string of the molecule is COC(=O)c1ccc(-c2ccc3c(c2)C[C@@H](N(C[C@@H](O)c2ccc(C)cc2)C(=O)OC(C)(C)C)CC3)cc1. The molecule has 0 bridgehead atoms. The Morgan fingerprint density at radius 3 is 2.26 bits per heavy atom. The number of esters is 1. The summed E-state index contributed by atoms with van der Waals surface area (Å²) in [6, 6.07) is 21.4. The maximum absolute atomic E-state index is 13.3. The van der Waals surface area contributed by atoms with Gasteiger partial charge in [0.25, 0.3) is 0 Å². The molecule has 0 saturated carbocycles. The van der Waals surface area contributed by atoms with E-state index in [1.807, 2.05) is 64.1 Å². The molecule has 0 unspecified atom stereocenters. The van der Waals surface area contributed by atoms with E-state index in [1.54, 1.807) is 17.0 Å². The number of hydrogen-bond donors (Lipinski definition) is 1. The third kappa shape index (κ3) is 6.62. The molecule has 0 spiro atoms. The summed E-state index contributed by atoms with van der Waals surface area (Å²) in [5.74, 6) is -0.361. The van der Waals surface area contributed by atoms with Crippen molar-refractivity contribution in [2.45, 2.75) is 64.7 Å². The Bertz CT molecular complexity index is 1270. The predicted octanol–water partition coefficient (Wildman–Crippen LogP) is 6.28. The molecule has 0 saturated heterocycles. The molecular formula is C32H37NO5. The molecule has 0 fully saturated rings. The summed E-state index contributed by atoms with van der Waals surface area (Å²) in [6.45, 7) is 7.73. The van der Waals surface area contributed by atoms with E-state index in [-0.39, 0.29) is 18.6 Å². The van der Waals surface area contributed by atoms with Gasteiger partial charge in [-0.15, -0.1) is 0 Å². The highest BCUT2D eigenvalue weighted by atomic mass is 16.6. The van der Waals surface area contributed by atoms with Crippen molar-refractivity contribution in [3.63, 3.8) is 0 Å². The van der Waals surface area contributed by atoms with E-state index in [0.29, 0.717) is 12.0 Å². The molecule has 1 aliphatic carbocycles. The molecule has 0 aliphatic heterocycles. The zero-order valence-electron chi connectivity index (χ0n) is 22.9. The predicted molar refractivity (Wildman–Crippen MR) is 148 cm³/mol. The van der Waals surface area contributed by atoms with Crippen LogP contribution in [-0.4, -0.2) is 47.4 Å². The molecule has 0 aromatic heterocycles. The fourth-order valence-electron chi connectivity index (χ4n) is 4.87. The lowest BCUT2D eigenvalue weighted by Crippen LogP contribution is -2.47. The topological polar surface area (TPSA) is 76.1 Å². The Hall–Kier alpha value is -3.64. The van der Waals surface area contributed by atoms with Gasteiger partial charge in [-0.05, 0) is 86.9 Å². The van der Waals surface area contributed by atoms with Crippen molar-refractivity contribution in [2.75, 3.05) is 13.7 Å². The molecule has 6 heteroatoms. The number of aryl methyl sites for hydroxylation is 2. The van der Waals surface area contributed by atoms with Crippen LogP contribution in [0.2, 0.25) is 0 Å². The quantitative estimate of drug-likeness (QED) is 0.391. The van der Waals surface area contributed by atoms with E-state index in [2.05, 4.69) is 18.2 Å². The lowest BCUT2D eigenvalue weighted by Gasteiger charge is -2.37. The van der Waals surface area contributed by atoms with E-state index in [1.165, 1.54) is 18.2 Å². The third-order valence-corrected chi connectivity index (χ3v) is 6.95. The van der Waals surface area contributed by atoms with Gasteiger partial charge in [-0.2, -0.15) is 0 Å². The molecule has 0 radical (unpaired) electrons. The average Bonchev–Trinajstić information content (AvgIpc) is 2.90. The van der Waals surface area contributed by atoms with Gasteiger partial charge in [0.1, 0.15) is 5.60 Å². The molecule has 3 aromatic carbocycles. The number of aliphatic hydroxyl groups excluding tert-OH is 1. The fraction of sp³-hybridized carbons (Fsp3) is 0.375. The number of nitrogens with zero attached hydrogens (tertiary/aromatic N) is 1. The van der Waals surface area contributed by atoms with Crippen LogP contribution in [0.3, 0.4) is 0 Å². The molecule has 1 aliphatic rings. The van der Waals surface area contributed by atoms with Crippen LogP contribution in [0.1, 0.15) is 65.9 Å². The van der Waals surface area contributed by atoms with Crippen molar-refractivity contribution in [1.82, 2.24) is 4.90 Å². The van der Waals surface area contributed by atoms with Crippen LogP contribution >= 0.6 is 0 Å². The first kappa shape index (κ1) is 27.4. The van der Waals surface area contributed by atoms with Crippen LogP contribution in [-0.2, 0) is 22.3 Å². The largest absolute Gasteiger partial charge is 0.465 e. The summed E-state index contributed by atoms with van der Waals surface area (Å²) in [5, 5.41) is 11.0. The molecule has 3 aromatic rings. The summed E-state index contributed by atoms with van der Waals surface area (Å²) in [7, 11) is 1.37. The minimum Gasteiger partial charge on any atom is -0.465 e. The first-order chi connectivity index (χ1) is 18.0. The molecular weight excluding hydrogens is 478 g/mol. The molecule has 1 amide bonds. The Balaban J connectivity index is 1.58. The summed E-state index contributed by atoms with van der Waals surface area (Å²) in [4.78, 5) is 26.8. The third-order valence-electron chi connectivity index (χ3n) is 6.95. The van der Waals surface area contributed by atoms with E-state index in [9.17, 15) is 14.7 Å². The van der Waals surface area contributed by atoms with Crippen molar-refractivity contribution < 1.29 is 24.2 Å². The summed E-state index contributed by atoms with van der Waals surface area (Å²) in [5.41, 5.74) is 6.25. The van der Waals surface area contributed by atoms with Gasteiger partial charge in [-0.3, -0.25) is 0 Å². The van der Waals surface area contributed by atoms with Crippen LogP contribution in [0.4, 0.5) is 4.79 Å². The second kappa shape index (κ2) is 11.4. The van der Waals surface area contributed by atoms with Gasteiger partial charge in [0.15, 0.2) is 0 Å². The average molecular weight is 516 g/mol. The highest BCUT2D eigenvalue weighted by molar-refractivity contribution is 5.90. The molecule has 4 rings (SSSR count). The van der Waals surface area contributed by atoms with Gasteiger partial charge in [0.2, 0.25) is 0 Å². The van der Waals surface area contributed by atoms with Crippen molar-refractivity contribution in [1.29, 1.82) is 0 Å². The van der Waals surface area contributed by atoms with Crippen LogP contribution < -0.4 is 0 Å². The first-order valence-electron chi connectivity index (χ1n) is 13.1. The number of hydrogen-bond acceptors (Lipinski definition) is 5. The van der Waals surface area contributed by atoms with Gasteiger partial charge in [-0.1, -0.05) is 60.2 Å². The number of aliphatic hydroxyl groups is 1. The highest BCUT2D eigenvalue weighted by Crippen LogP contribution is 2.31. The smallest absolute Gasteiger partial charge is 0.410 e. The van der Waals surface area contributed by atoms with E-state index >= 15 is 0 Å². The van der Waals surface area contributed by atoms with Gasteiger partial charge in [-0.25, -0.2) is 9.59 Å². The van der Waals surface area contributed by atoms with Crippen LogP contribution in [0.15, 0.2) is 66.7 Å². The molecule has 2 atom stereocenters. The Labute approximate surface area is 225 Å². The lowest BCUT2D eigenvalue weighted by molar-refractivity contribution is 0.00194. The number of rotatable bonds is 6. The number of carbonyl (C=O) groups is 2. The van der Waals surface area contributed by atoms with Gasteiger partial charge in [0.05, 0.1) is 25.3 Å². The van der Waals surface area contributed by atoms with Crippen molar-refractivity contribution in [2.24, 2.45) is 0 Å². The van der Waals surface area contributed by atoms with Crippen molar-refractivity contribution >= 4 is 12.1 Å². The maximum atomic E-state index is 13.3. The second-order valence-electron chi connectivity index (χ2n) is 11.0. The summed E-state index contributed by atoms with van der Waals surface area (Å²) >= 11 is 0. The summed E-state index contributed by atoms with van der Waals surface area (Å²) < 4.78 is 10.6. The van der Waals surface area contributed by atoms with Crippen LogP contribution in [0, 0.1) is 6.92 Å². The Kier molecular flexibility index (Phi) is 8.22. The van der Waals surface area contributed by atoms with E-state index < -0.39 is 17.8 Å². The van der Waals surface area contributed by atoms with E-state index in [0.717, 1.165) is 35.1 Å². The molecule has 1 N–H and O–H groups in total. The number of carbonyl (C=O) groups excluding carboxylic acids is 2. The number of fused-ring (bicyclic) bond motifs is 1. The number of ether oxygens (including phenoxy) is 2. The number of amides is 1. The highest BCUT2D eigenvalue weighted by Gasteiger charge is 2.33. The minimum atomic E-state index is -0.816. The van der Waals surface area contributed by atoms with Crippen molar-refractivity contribution in [3.8, 4) is 11.1 Å². The molecule has 38 heavy (non-hydrogen) atoms. The fourth-order valence-corrected chi connectivity index (χ4v) is 4.87. The first-order valence-corrected chi connectivity index (χ1v) is 13.1. The van der Waals surface area contributed by atoms with Gasteiger partial charge >= 0.3 is 12.1 Å². The Morgan fingerprint density at radius 2 is 1.63 bits per heavy atom. The second-order valence-corrected chi connectivity index (χ2v) is 11.0. The zero-order valence-corrected chi connectivity index (χ0v) is 22.9. The number of methoxy groups -OCH3 is 1. The molecule has 0 heterocycles. The maximum Gasteiger partial charge on any atom is 0.410 e. The Morgan fingerprint density at radius 1 is 0.974 bits per heavy atom. The van der Waals surface area contributed by atoms with E-state index in [4.69, 9.17) is 9.47 Å². The van der Waals surface area contributed by atoms with Crippen molar-refractivity contribution in [3.05, 3.63) is 94.5 Å². The minimum absolute atomic E-state index is 0.102. The molecule has 200 valence electrons. The lowest BCUT2D eigenvalue weighted by atomic mass is 9.85. The normalized spacial score (nSPS) is 15.8. The summed E-state index contributed by atoms with van der Waals surface area (Å²) in [6.07, 6.45) is 1.07. The van der Waals surface area contributed by atoms with Gasteiger partial charge in [0, 0.05) is 6.04 Å². The number of benzene rings is 3. The van der Waals surface area contributed by atoms with Crippen LogP contribution in [0.5, 0.6) is 0 Å². The van der Waals surface area contributed by atoms with Crippen LogP contribution in [0.25, 0.3) is 11.1 Å². The molecule has 6 nitrogen and oxygen atoms in total. The zero-order chi connectivity index (χ0) is 27.4. The van der Waals surface area contributed by atoms with Gasteiger partial charge < -0.3 is 19.5 Å².